The van der Waals surface area contributed by atoms with Gasteiger partial charge in [-0.05, 0) is 40.7 Å². The van der Waals surface area contributed by atoms with Crippen LogP contribution >= 0.6 is 15.9 Å². The lowest BCUT2D eigenvalue weighted by molar-refractivity contribution is 0.297. The van der Waals surface area contributed by atoms with E-state index in [0.29, 0.717) is 12.0 Å². The number of likely N-dealkylation sites (N-methyl/N-ethyl adjacent to an activating group) is 1. The van der Waals surface area contributed by atoms with Gasteiger partial charge in [-0.25, -0.2) is 0 Å². The maximum Gasteiger partial charge on any atom is 0.122 e. The van der Waals surface area contributed by atoms with Crippen molar-refractivity contribution in [2.45, 2.75) is 25.3 Å². The van der Waals surface area contributed by atoms with Crippen molar-refractivity contribution in [1.82, 2.24) is 10.3 Å². The number of aromatic nitrogens is 1. The zero-order valence-corrected chi connectivity index (χ0v) is 13.6. The number of ether oxygens (including phenoxy) is 1. The van der Waals surface area contributed by atoms with Crippen LogP contribution in [0.3, 0.4) is 0 Å². The Balaban J connectivity index is 1.80. The van der Waals surface area contributed by atoms with Crippen LogP contribution in [0.1, 0.15) is 24.1 Å². The van der Waals surface area contributed by atoms with E-state index < -0.39 is 0 Å². The highest BCUT2D eigenvalue weighted by atomic mass is 79.9. The largest absolute Gasteiger partial charge is 0.493 e. The van der Waals surface area contributed by atoms with Crippen molar-refractivity contribution in [3.63, 3.8) is 0 Å². The molecule has 1 aliphatic heterocycles. The Morgan fingerprint density at radius 1 is 1.33 bits per heavy atom. The van der Waals surface area contributed by atoms with Gasteiger partial charge in [-0.2, -0.15) is 0 Å². The van der Waals surface area contributed by atoms with E-state index in [1.54, 1.807) is 0 Å². The fraction of sp³-hybridized carbons (Fsp3) is 0.353. The third-order valence-corrected chi connectivity index (χ3v) is 4.38. The number of nitrogens with one attached hydrogen (secondary N) is 1. The average Bonchev–Trinajstić information content (AvgIpc) is 2.93. The maximum absolute atomic E-state index is 5.83. The summed E-state index contributed by atoms with van der Waals surface area (Å²) in [6.45, 7) is 3.83. The molecule has 3 nitrogen and oxygen atoms in total. The molecule has 2 unspecified atom stereocenters. The molecule has 1 aliphatic rings. The molecule has 0 fully saturated rings. The summed E-state index contributed by atoms with van der Waals surface area (Å²) in [4.78, 5) is 4.50. The van der Waals surface area contributed by atoms with Crippen molar-refractivity contribution in [3.05, 3.63) is 58.3 Å². The minimum atomic E-state index is 0.340. The molecule has 21 heavy (non-hydrogen) atoms. The number of rotatable bonds is 5. The molecule has 0 amide bonds. The number of halogens is 1. The van der Waals surface area contributed by atoms with Gasteiger partial charge in [0.15, 0.2) is 0 Å². The van der Waals surface area contributed by atoms with Crippen LogP contribution in [-0.2, 0) is 6.42 Å². The van der Waals surface area contributed by atoms with Crippen molar-refractivity contribution in [3.8, 4) is 5.75 Å². The second-order valence-electron chi connectivity index (χ2n) is 5.29. The lowest BCUT2D eigenvalue weighted by atomic mass is 9.90. The monoisotopic (exact) mass is 346 g/mol. The van der Waals surface area contributed by atoms with E-state index in [9.17, 15) is 0 Å². The molecular weight excluding hydrogens is 328 g/mol. The van der Waals surface area contributed by atoms with Gasteiger partial charge in [0.1, 0.15) is 5.75 Å². The minimum Gasteiger partial charge on any atom is -0.493 e. The van der Waals surface area contributed by atoms with Crippen LogP contribution in [0.15, 0.2) is 47.1 Å². The predicted octanol–water partition coefficient (Wildman–Crippen LogP) is 3.54. The molecule has 0 saturated carbocycles. The minimum absolute atomic E-state index is 0.340. The number of hydrogen-bond donors (Lipinski definition) is 1. The third kappa shape index (κ3) is 3.27. The first-order valence-corrected chi connectivity index (χ1v) is 8.12. The van der Waals surface area contributed by atoms with Crippen LogP contribution in [0, 0.1) is 0 Å². The Morgan fingerprint density at radius 2 is 2.19 bits per heavy atom. The van der Waals surface area contributed by atoms with Gasteiger partial charge in [-0.1, -0.05) is 25.1 Å². The summed E-state index contributed by atoms with van der Waals surface area (Å²) < 4.78 is 6.84. The Bertz CT molecular complexity index is 600. The summed E-state index contributed by atoms with van der Waals surface area (Å²) in [5.41, 5.74) is 2.41. The van der Waals surface area contributed by atoms with E-state index in [1.165, 1.54) is 5.56 Å². The first kappa shape index (κ1) is 14.5. The summed E-state index contributed by atoms with van der Waals surface area (Å²) in [5, 5.41) is 3.60. The van der Waals surface area contributed by atoms with Crippen LogP contribution in [0.5, 0.6) is 5.75 Å². The average molecular weight is 347 g/mol. The molecule has 0 spiro atoms. The van der Waals surface area contributed by atoms with Gasteiger partial charge in [-0.15, -0.1) is 0 Å². The summed E-state index contributed by atoms with van der Waals surface area (Å²) in [5.74, 6) is 1.40. The summed E-state index contributed by atoms with van der Waals surface area (Å²) in [6.07, 6.45) is 2.76. The molecule has 2 aromatic rings. The van der Waals surface area contributed by atoms with Crippen molar-refractivity contribution >= 4 is 15.9 Å². The number of pyridine rings is 1. The molecule has 2 heterocycles. The molecule has 0 radical (unpaired) electrons. The SMILES string of the molecule is CCNC(Cc1ccc(Br)cn1)C1COc2ccccc21. The van der Waals surface area contributed by atoms with Gasteiger partial charge in [0.2, 0.25) is 0 Å². The van der Waals surface area contributed by atoms with Gasteiger partial charge in [-0.3, -0.25) is 4.98 Å². The number of fused-ring (bicyclic) bond motifs is 1. The van der Waals surface area contributed by atoms with Crippen LogP contribution in [-0.4, -0.2) is 24.2 Å². The van der Waals surface area contributed by atoms with Crippen LogP contribution < -0.4 is 10.1 Å². The third-order valence-electron chi connectivity index (χ3n) is 3.91. The quantitative estimate of drug-likeness (QED) is 0.898. The Kier molecular flexibility index (Phi) is 4.56. The second kappa shape index (κ2) is 6.58. The topological polar surface area (TPSA) is 34.2 Å². The smallest absolute Gasteiger partial charge is 0.122 e. The van der Waals surface area contributed by atoms with Crippen molar-refractivity contribution in [2.24, 2.45) is 0 Å². The van der Waals surface area contributed by atoms with E-state index in [0.717, 1.165) is 35.5 Å². The molecule has 4 heteroatoms. The number of nitrogens with zero attached hydrogens (tertiary/aromatic N) is 1. The highest BCUT2D eigenvalue weighted by molar-refractivity contribution is 9.10. The lowest BCUT2D eigenvalue weighted by Crippen LogP contribution is -2.37. The van der Waals surface area contributed by atoms with Crippen molar-refractivity contribution in [2.75, 3.05) is 13.2 Å². The van der Waals surface area contributed by atoms with E-state index >= 15 is 0 Å². The summed E-state index contributed by atoms with van der Waals surface area (Å²) >= 11 is 3.43. The molecule has 110 valence electrons. The first-order chi connectivity index (χ1) is 10.3. The standard InChI is InChI=1S/C17H19BrN2O/c1-2-19-16(9-13-8-7-12(18)10-20-13)15-11-21-17-6-4-3-5-14(15)17/h3-8,10,15-16,19H,2,9,11H2,1H3. The van der Waals surface area contributed by atoms with Crippen LogP contribution in [0.25, 0.3) is 0 Å². The fourth-order valence-corrected chi connectivity index (χ4v) is 3.13. The van der Waals surface area contributed by atoms with E-state index in [2.05, 4.69) is 57.4 Å². The molecule has 2 atom stereocenters. The highest BCUT2D eigenvalue weighted by Gasteiger charge is 2.30. The Hall–Kier alpha value is -1.39. The first-order valence-electron chi connectivity index (χ1n) is 7.33. The van der Waals surface area contributed by atoms with Crippen molar-refractivity contribution < 1.29 is 4.74 Å². The highest BCUT2D eigenvalue weighted by Crippen LogP contribution is 2.36. The summed E-state index contributed by atoms with van der Waals surface area (Å²) in [7, 11) is 0. The van der Waals surface area contributed by atoms with Crippen LogP contribution in [0.4, 0.5) is 0 Å². The zero-order valence-electron chi connectivity index (χ0n) is 12.1. The molecule has 1 aromatic heterocycles. The fourth-order valence-electron chi connectivity index (χ4n) is 2.89. The number of benzene rings is 1. The van der Waals surface area contributed by atoms with Crippen molar-refractivity contribution in [1.29, 1.82) is 0 Å². The lowest BCUT2D eigenvalue weighted by Gasteiger charge is -2.23. The normalized spacial score (nSPS) is 18.1. The van der Waals surface area contributed by atoms with E-state index in [1.807, 2.05) is 18.3 Å². The van der Waals surface area contributed by atoms with Gasteiger partial charge >= 0.3 is 0 Å². The molecule has 0 aliphatic carbocycles. The molecular formula is C17H19BrN2O. The molecule has 0 bridgehead atoms. The molecule has 3 rings (SSSR count). The van der Waals surface area contributed by atoms with Gasteiger partial charge < -0.3 is 10.1 Å². The molecule has 1 N–H and O–H groups in total. The van der Waals surface area contributed by atoms with Gasteiger partial charge in [0.25, 0.3) is 0 Å². The number of hydrogen-bond acceptors (Lipinski definition) is 3. The predicted molar refractivity (Wildman–Crippen MR) is 87.8 cm³/mol. The van der Waals surface area contributed by atoms with Gasteiger partial charge in [0, 0.05) is 40.3 Å². The molecule has 1 aromatic carbocycles. The summed E-state index contributed by atoms with van der Waals surface area (Å²) in [6, 6.07) is 12.8. The molecule has 0 saturated heterocycles. The van der Waals surface area contributed by atoms with Gasteiger partial charge in [0.05, 0.1) is 6.61 Å². The Morgan fingerprint density at radius 3 is 2.95 bits per heavy atom. The Labute approximate surface area is 133 Å². The van der Waals surface area contributed by atoms with E-state index in [4.69, 9.17) is 4.74 Å². The van der Waals surface area contributed by atoms with E-state index in [-0.39, 0.29) is 0 Å². The number of para-hydroxylation sites is 1. The maximum atomic E-state index is 5.83. The zero-order chi connectivity index (χ0) is 14.7. The van der Waals surface area contributed by atoms with Crippen LogP contribution in [0.2, 0.25) is 0 Å². The second-order valence-corrected chi connectivity index (χ2v) is 6.21.